The minimum absolute atomic E-state index is 0.165. The van der Waals surface area contributed by atoms with Crippen molar-refractivity contribution >= 4 is 17.1 Å². The molecule has 1 saturated heterocycles. The van der Waals surface area contributed by atoms with Crippen molar-refractivity contribution in [1.82, 2.24) is 10.3 Å². The number of allylic oxidation sites excluding steroid dienone is 1. The zero-order valence-corrected chi connectivity index (χ0v) is 16.4. The van der Waals surface area contributed by atoms with Gasteiger partial charge in [-0.15, -0.1) is 0 Å². The number of hydrazine groups is 1. The fourth-order valence-electron chi connectivity index (χ4n) is 5.01. The Labute approximate surface area is 166 Å². The number of anilines is 2. The third-order valence-corrected chi connectivity index (χ3v) is 6.79. The van der Waals surface area contributed by atoms with Gasteiger partial charge >= 0.3 is 0 Å². The molecule has 4 aliphatic rings. The Morgan fingerprint density at radius 1 is 0.964 bits per heavy atom. The molecule has 6 rings (SSSR count). The van der Waals surface area contributed by atoms with Crippen LogP contribution in [0.2, 0.25) is 0 Å². The Hall–Kier alpha value is -2.88. The first-order valence-electron chi connectivity index (χ1n) is 10.4. The molecule has 3 aliphatic heterocycles. The summed E-state index contributed by atoms with van der Waals surface area (Å²) in [6.45, 7) is 2.35. The van der Waals surface area contributed by atoms with Gasteiger partial charge < -0.3 is 9.80 Å². The third-order valence-electron chi connectivity index (χ3n) is 6.79. The van der Waals surface area contributed by atoms with Gasteiger partial charge in [-0.2, -0.15) is 0 Å². The van der Waals surface area contributed by atoms with E-state index in [4.69, 9.17) is 0 Å². The molecule has 142 valence electrons. The molecule has 1 aliphatic carbocycles. The lowest BCUT2D eigenvalue weighted by atomic mass is 10.0. The number of rotatable bonds is 2. The van der Waals surface area contributed by atoms with Gasteiger partial charge in [-0.3, -0.25) is 10.4 Å². The normalized spacial score (nSPS) is 21.7. The molecular formula is C24H26N4. The zero-order valence-electron chi connectivity index (χ0n) is 16.4. The van der Waals surface area contributed by atoms with Crippen molar-refractivity contribution < 1.29 is 0 Å². The molecule has 0 radical (unpaired) electrons. The summed E-state index contributed by atoms with van der Waals surface area (Å²) in [7, 11) is 2.23. The summed E-state index contributed by atoms with van der Waals surface area (Å²) in [4.78, 5) is 4.96. The Bertz CT molecular complexity index is 981. The minimum atomic E-state index is 0.165. The lowest BCUT2D eigenvalue weighted by molar-refractivity contribution is 0.314. The predicted molar refractivity (Wildman–Crippen MR) is 115 cm³/mol. The van der Waals surface area contributed by atoms with Crippen LogP contribution < -0.4 is 15.3 Å². The van der Waals surface area contributed by atoms with Crippen LogP contribution in [0.15, 0.2) is 66.5 Å². The SMILES string of the molecule is CN1C=C2C=C(c3ccccc3)NN2c2cc(N3CCCC3)ccc2C12CC2. The molecular weight excluding hydrogens is 344 g/mol. The number of fused-ring (bicyclic) bond motifs is 4. The maximum absolute atomic E-state index is 3.69. The summed E-state index contributed by atoms with van der Waals surface area (Å²) in [5.41, 5.74) is 11.5. The largest absolute Gasteiger partial charge is 0.371 e. The molecule has 2 fully saturated rings. The molecule has 1 saturated carbocycles. The van der Waals surface area contributed by atoms with Crippen molar-refractivity contribution in [1.29, 1.82) is 0 Å². The van der Waals surface area contributed by atoms with E-state index in [2.05, 4.69) is 88.1 Å². The van der Waals surface area contributed by atoms with E-state index >= 15 is 0 Å². The number of hydrogen-bond acceptors (Lipinski definition) is 4. The molecule has 0 unspecified atom stereocenters. The van der Waals surface area contributed by atoms with E-state index in [1.807, 2.05) is 0 Å². The van der Waals surface area contributed by atoms with E-state index in [-0.39, 0.29) is 5.54 Å². The van der Waals surface area contributed by atoms with E-state index in [9.17, 15) is 0 Å². The van der Waals surface area contributed by atoms with E-state index in [1.165, 1.54) is 67.0 Å². The number of nitrogens with one attached hydrogen (secondary N) is 1. The van der Waals surface area contributed by atoms with Crippen LogP contribution in [0, 0.1) is 0 Å². The molecule has 1 N–H and O–H groups in total. The average molecular weight is 371 g/mol. The van der Waals surface area contributed by atoms with Crippen molar-refractivity contribution in [3.8, 4) is 0 Å². The van der Waals surface area contributed by atoms with Crippen LogP contribution in [-0.2, 0) is 5.54 Å². The van der Waals surface area contributed by atoms with Gasteiger partial charge in [0.1, 0.15) is 0 Å². The molecule has 0 bridgehead atoms. The van der Waals surface area contributed by atoms with Gasteiger partial charge in [0.2, 0.25) is 0 Å². The van der Waals surface area contributed by atoms with Gasteiger partial charge in [0.15, 0.2) is 0 Å². The second-order valence-corrected chi connectivity index (χ2v) is 8.46. The summed E-state index contributed by atoms with van der Waals surface area (Å²) < 4.78 is 0. The molecule has 2 aromatic carbocycles. The first-order valence-corrected chi connectivity index (χ1v) is 10.4. The Morgan fingerprint density at radius 3 is 2.50 bits per heavy atom. The van der Waals surface area contributed by atoms with Crippen molar-refractivity contribution in [2.75, 3.05) is 30.0 Å². The summed E-state index contributed by atoms with van der Waals surface area (Å²) in [6.07, 6.45) is 9.65. The van der Waals surface area contributed by atoms with E-state index in [0.29, 0.717) is 0 Å². The molecule has 3 heterocycles. The predicted octanol–water partition coefficient (Wildman–Crippen LogP) is 4.43. The number of benzene rings is 2. The van der Waals surface area contributed by atoms with E-state index in [1.54, 1.807) is 0 Å². The molecule has 4 nitrogen and oxygen atoms in total. The highest BCUT2D eigenvalue weighted by molar-refractivity contribution is 5.79. The molecule has 0 aromatic heterocycles. The van der Waals surface area contributed by atoms with Gasteiger partial charge in [0.05, 0.1) is 22.6 Å². The third kappa shape index (κ3) is 2.30. The van der Waals surface area contributed by atoms with Gasteiger partial charge in [0.25, 0.3) is 0 Å². The maximum atomic E-state index is 3.69. The van der Waals surface area contributed by atoms with Gasteiger partial charge in [0, 0.05) is 37.6 Å². The molecule has 2 aromatic rings. The topological polar surface area (TPSA) is 21.8 Å². The summed E-state index contributed by atoms with van der Waals surface area (Å²) in [6, 6.07) is 17.7. The first kappa shape index (κ1) is 16.1. The molecule has 4 heteroatoms. The van der Waals surface area contributed by atoms with Crippen molar-refractivity contribution in [2.45, 2.75) is 31.2 Å². The Morgan fingerprint density at radius 2 is 1.75 bits per heavy atom. The lowest BCUT2D eigenvalue weighted by Gasteiger charge is -2.29. The summed E-state index contributed by atoms with van der Waals surface area (Å²) in [5, 5.41) is 2.29. The van der Waals surface area contributed by atoms with Crippen LogP contribution in [0.3, 0.4) is 0 Å². The average Bonchev–Trinajstić information content (AvgIpc) is 3.19. The highest BCUT2D eigenvalue weighted by atomic mass is 15.5. The van der Waals surface area contributed by atoms with Gasteiger partial charge in [-0.1, -0.05) is 36.4 Å². The van der Waals surface area contributed by atoms with Crippen molar-refractivity contribution in [2.24, 2.45) is 0 Å². The molecule has 0 atom stereocenters. The van der Waals surface area contributed by atoms with Crippen LogP contribution >= 0.6 is 0 Å². The Kier molecular flexibility index (Phi) is 3.34. The van der Waals surface area contributed by atoms with Crippen LogP contribution in [0.1, 0.15) is 36.8 Å². The standard InChI is InChI=1S/C24H26N4/c1-26-17-20-15-22(18-7-3-2-4-8-18)25-28(20)23-16-19(27-13-5-6-14-27)9-10-21(23)24(26)11-12-24/h2-4,7-10,15-17,25H,5-6,11-14H2,1H3. The van der Waals surface area contributed by atoms with E-state index in [0.717, 1.165) is 5.70 Å². The number of nitrogens with zero attached hydrogens (tertiary/aromatic N) is 3. The minimum Gasteiger partial charge on any atom is -0.371 e. The van der Waals surface area contributed by atoms with E-state index < -0.39 is 0 Å². The van der Waals surface area contributed by atoms with Crippen LogP contribution in [-0.4, -0.2) is 25.0 Å². The maximum Gasteiger partial charge on any atom is 0.0810 e. The second kappa shape index (κ2) is 5.81. The summed E-state index contributed by atoms with van der Waals surface area (Å²) in [5.74, 6) is 0. The lowest BCUT2D eigenvalue weighted by Crippen LogP contribution is -2.31. The highest BCUT2D eigenvalue weighted by Crippen LogP contribution is 2.56. The smallest absolute Gasteiger partial charge is 0.0810 e. The fraction of sp³-hybridized carbons (Fsp3) is 0.333. The fourth-order valence-corrected chi connectivity index (χ4v) is 5.01. The molecule has 0 amide bonds. The Balaban J connectivity index is 1.46. The second-order valence-electron chi connectivity index (χ2n) is 8.46. The van der Waals surface area contributed by atoms with Crippen molar-refractivity contribution in [3.05, 3.63) is 77.6 Å². The van der Waals surface area contributed by atoms with Crippen LogP contribution in [0.25, 0.3) is 5.70 Å². The molecule has 28 heavy (non-hydrogen) atoms. The van der Waals surface area contributed by atoms with Crippen LogP contribution in [0.4, 0.5) is 11.4 Å². The van der Waals surface area contributed by atoms with Crippen molar-refractivity contribution in [3.63, 3.8) is 0 Å². The highest BCUT2D eigenvalue weighted by Gasteiger charge is 2.51. The molecule has 1 spiro atoms. The quantitative estimate of drug-likeness (QED) is 0.844. The number of hydrogen-bond donors (Lipinski definition) is 1. The first-order chi connectivity index (χ1) is 13.7. The van der Waals surface area contributed by atoms with Gasteiger partial charge in [-0.25, -0.2) is 0 Å². The van der Waals surface area contributed by atoms with Crippen LogP contribution in [0.5, 0.6) is 0 Å². The van der Waals surface area contributed by atoms with Gasteiger partial charge in [-0.05, 0) is 49.5 Å². The summed E-state index contributed by atoms with van der Waals surface area (Å²) >= 11 is 0. The monoisotopic (exact) mass is 370 g/mol. The zero-order chi connectivity index (χ0) is 18.7.